The van der Waals surface area contributed by atoms with E-state index < -0.39 is 0 Å². The highest BCUT2D eigenvalue weighted by Gasteiger charge is 2.14. The van der Waals surface area contributed by atoms with Gasteiger partial charge in [0.2, 0.25) is 0 Å². The van der Waals surface area contributed by atoms with Crippen LogP contribution in [0.1, 0.15) is 31.7 Å². The summed E-state index contributed by atoms with van der Waals surface area (Å²) >= 11 is 12.1. The zero-order valence-electron chi connectivity index (χ0n) is 9.92. The predicted molar refractivity (Wildman–Crippen MR) is 75.7 cm³/mol. The van der Waals surface area contributed by atoms with E-state index in [9.17, 15) is 0 Å². The minimum atomic E-state index is 0.453. The number of hydrogen-bond acceptors (Lipinski definition) is 1. The second-order valence-electron chi connectivity index (χ2n) is 4.63. The molecule has 3 heteroatoms. The van der Waals surface area contributed by atoms with Crippen molar-refractivity contribution in [2.45, 2.75) is 38.3 Å². The van der Waals surface area contributed by atoms with E-state index in [0.717, 1.165) is 15.6 Å². The molecule has 1 heterocycles. The molecule has 0 bridgehead atoms. The summed E-state index contributed by atoms with van der Waals surface area (Å²) < 4.78 is 0. The first-order valence-electron chi connectivity index (χ1n) is 6.04. The summed E-state index contributed by atoms with van der Waals surface area (Å²) in [5.74, 6) is 0. The van der Waals surface area contributed by atoms with E-state index in [1.165, 1.54) is 19.3 Å². The molecule has 1 saturated heterocycles. The molecule has 1 nitrogen and oxygen atoms in total. The van der Waals surface area contributed by atoms with Crippen molar-refractivity contribution in [3.63, 3.8) is 0 Å². The fourth-order valence-electron chi connectivity index (χ4n) is 2.19. The standard InChI is InChI=1S/C14H17Cl2N/c1-10-3-2-4-13(17-10)7-5-11-9-12(15)6-8-14(11)16/h5-10,13,17H,2-4H2,1H3/b7-5+. The second-order valence-corrected chi connectivity index (χ2v) is 5.47. The Morgan fingerprint density at radius 2 is 2.12 bits per heavy atom. The predicted octanol–water partition coefficient (Wildman–Crippen LogP) is 4.54. The maximum atomic E-state index is 6.11. The van der Waals surface area contributed by atoms with E-state index in [1.807, 2.05) is 18.2 Å². The summed E-state index contributed by atoms with van der Waals surface area (Å²) in [6, 6.07) is 6.59. The lowest BCUT2D eigenvalue weighted by Crippen LogP contribution is -2.39. The van der Waals surface area contributed by atoms with Gasteiger partial charge in [0.25, 0.3) is 0 Å². The van der Waals surface area contributed by atoms with E-state index in [4.69, 9.17) is 23.2 Å². The van der Waals surface area contributed by atoms with Gasteiger partial charge in [-0.1, -0.05) is 41.8 Å². The summed E-state index contributed by atoms with van der Waals surface area (Å²) in [5, 5.41) is 5.02. The number of piperidine rings is 1. The number of halogens is 2. The van der Waals surface area contributed by atoms with Crippen molar-refractivity contribution in [3.8, 4) is 0 Å². The van der Waals surface area contributed by atoms with E-state index in [1.54, 1.807) is 0 Å². The van der Waals surface area contributed by atoms with Gasteiger partial charge in [0.05, 0.1) is 0 Å². The van der Waals surface area contributed by atoms with Crippen LogP contribution in [0.25, 0.3) is 6.08 Å². The van der Waals surface area contributed by atoms with Gasteiger partial charge in [0, 0.05) is 22.1 Å². The smallest absolute Gasteiger partial charge is 0.0479 e. The zero-order valence-corrected chi connectivity index (χ0v) is 11.4. The van der Waals surface area contributed by atoms with Crippen molar-refractivity contribution in [1.82, 2.24) is 5.32 Å². The maximum absolute atomic E-state index is 6.11. The molecule has 1 N–H and O–H groups in total. The molecular formula is C14H17Cl2N. The quantitative estimate of drug-likeness (QED) is 0.832. The van der Waals surface area contributed by atoms with Crippen molar-refractivity contribution < 1.29 is 0 Å². The van der Waals surface area contributed by atoms with E-state index in [2.05, 4.69) is 24.4 Å². The minimum Gasteiger partial charge on any atom is -0.308 e. The molecule has 2 unspecified atom stereocenters. The van der Waals surface area contributed by atoms with Gasteiger partial charge in [-0.2, -0.15) is 0 Å². The summed E-state index contributed by atoms with van der Waals surface area (Å²) in [6.07, 6.45) is 7.99. The molecule has 2 atom stereocenters. The van der Waals surface area contributed by atoms with Crippen LogP contribution in [0.15, 0.2) is 24.3 Å². The van der Waals surface area contributed by atoms with Gasteiger partial charge in [-0.15, -0.1) is 0 Å². The molecule has 0 aliphatic carbocycles. The average Bonchev–Trinajstić information content (AvgIpc) is 2.30. The highest BCUT2D eigenvalue weighted by Crippen LogP contribution is 2.22. The summed E-state index contributed by atoms with van der Waals surface area (Å²) in [4.78, 5) is 0. The molecule has 0 spiro atoms. The van der Waals surface area contributed by atoms with Crippen LogP contribution >= 0.6 is 23.2 Å². The maximum Gasteiger partial charge on any atom is 0.0479 e. The highest BCUT2D eigenvalue weighted by atomic mass is 35.5. The Morgan fingerprint density at radius 1 is 1.29 bits per heavy atom. The Kier molecular flexibility index (Phi) is 4.49. The van der Waals surface area contributed by atoms with Gasteiger partial charge < -0.3 is 5.32 Å². The van der Waals surface area contributed by atoms with Crippen LogP contribution in [0, 0.1) is 0 Å². The third-order valence-electron chi connectivity index (χ3n) is 3.12. The Morgan fingerprint density at radius 3 is 2.88 bits per heavy atom. The van der Waals surface area contributed by atoms with Gasteiger partial charge >= 0.3 is 0 Å². The Bertz CT molecular complexity index is 415. The van der Waals surface area contributed by atoms with Crippen molar-refractivity contribution in [3.05, 3.63) is 39.9 Å². The molecule has 0 radical (unpaired) electrons. The minimum absolute atomic E-state index is 0.453. The summed E-state index contributed by atoms with van der Waals surface area (Å²) in [6.45, 7) is 2.23. The molecule has 1 aliphatic rings. The molecule has 0 amide bonds. The van der Waals surface area contributed by atoms with Crippen LogP contribution in [0.4, 0.5) is 0 Å². The van der Waals surface area contributed by atoms with Crippen LogP contribution in [0.5, 0.6) is 0 Å². The highest BCUT2D eigenvalue weighted by molar-refractivity contribution is 6.34. The fraction of sp³-hybridized carbons (Fsp3) is 0.429. The summed E-state index contributed by atoms with van der Waals surface area (Å²) in [5.41, 5.74) is 0.985. The molecule has 2 rings (SSSR count). The largest absolute Gasteiger partial charge is 0.308 e. The third kappa shape index (κ3) is 3.74. The number of nitrogens with one attached hydrogen (secondary N) is 1. The van der Waals surface area contributed by atoms with Gasteiger partial charge in [0.15, 0.2) is 0 Å². The topological polar surface area (TPSA) is 12.0 Å². The molecule has 17 heavy (non-hydrogen) atoms. The number of hydrogen-bond donors (Lipinski definition) is 1. The monoisotopic (exact) mass is 269 g/mol. The molecule has 1 aromatic carbocycles. The summed E-state index contributed by atoms with van der Waals surface area (Å²) in [7, 11) is 0. The molecule has 1 fully saturated rings. The first kappa shape index (κ1) is 12.9. The number of rotatable bonds is 2. The molecule has 1 aromatic rings. The third-order valence-corrected chi connectivity index (χ3v) is 3.70. The zero-order chi connectivity index (χ0) is 12.3. The van der Waals surface area contributed by atoms with Crippen LogP contribution < -0.4 is 5.32 Å². The molecule has 0 saturated carbocycles. The second kappa shape index (κ2) is 5.90. The number of benzene rings is 1. The average molecular weight is 270 g/mol. The van der Waals surface area contributed by atoms with Crippen LogP contribution in [-0.2, 0) is 0 Å². The molecule has 92 valence electrons. The van der Waals surface area contributed by atoms with E-state index in [-0.39, 0.29) is 0 Å². The molecule has 0 aromatic heterocycles. The lowest BCUT2D eigenvalue weighted by Gasteiger charge is -2.26. The fourth-order valence-corrected chi connectivity index (χ4v) is 2.55. The first-order valence-corrected chi connectivity index (χ1v) is 6.80. The van der Waals surface area contributed by atoms with Crippen LogP contribution in [0.3, 0.4) is 0 Å². The van der Waals surface area contributed by atoms with Crippen LogP contribution in [-0.4, -0.2) is 12.1 Å². The normalized spacial score (nSPS) is 25.4. The Balaban J connectivity index is 2.06. The van der Waals surface area contributed by atoms with Gasteiger partial charge in [-0.3, -0.25) is 0 Å². The van der Waals surface area contributed by atoms with Gasteiger partial charge in [-0.05, 0) is 43.5 Å². The first-order chi connectivity index (χ1) is 8.15. The Hall–Kier alpha value is -0.500. The van der Waals surface area contributed by atoms with Crippen LogP contribution in [0.2, 0.25) is 10.0 Å². The van der Waals surface area contributed by atoms with Crippen molar-refractivity contribution in [1.29, 1.82) is 0 Å². The van der Waals surface area contributed by atoms with Crippen molar-refractivity contribution >= 4 is 29.3 Å². The van der Waals surface area contributed by atoms with E-state index >= 15 is 0 Å². The molecule has 1 aliphatic heterocycles. The van der Waals surface area contributed by atoms with Gasteiger partial charge in [0.1, 0.15) is 0 Å². The lowest BCUT2D eigenvalue weighted by atomic mass is 9.99. The SMILES string of the molecule is CC1CCCC(/C=C/c2cc(Cl)ccc2Cl)N1. The molecular weight excluding hydrogens is 253 g/mol. The lowest BCUT2D eigenvalue weighted by molar-refractivity contribution is 0.375. The van der Waals surface area contributed by atoms with Crippen molar-refractivity contribution in [2.75, 3.05) is 0 Å². The Labute approximate surface area is 113 Å². The van der Waals surface area contributed by atoms with Gasteiger partial charge in [-0.25, -0.2) is 0 Å². The van der Waals surface area contributed by atoms with Crippen molar-refractivity contribution in [2.24, 2.45) is 0 Å². The van der Waals surface area contributed by atoms with E-state index in [0.29, 0.717) is 12.1 Å².